The average molecular weight is 226 g/mol. The van der Waals surface area contributed by atoms with Gasteiger partial charge in [0, 0.05) is 25.2 Å². The highest BCUT2D eigenvalue weighted by Gasteiger charge is 2.37. The first-order valence-corrected chi connectivity index (χ1v) is 6.43. The van der Waals surface area contributed by atoms with Crippen molar-refractivity contribution in [3.8, 4) is 0 Å². The van der Waals surface area contributed by atoms with Gasteiger partial charge in [0.25, 0.3) is 0 Å². The van der Waals surface area contributed by atoms with Crippen molar-refractivity contribution in [2.75, 3.05) is 13.2 Å². The molecule has 0 spiro atoms. The molecule has 0 aromatic carbocycles. The lowest BCUT2D eigenvalue weighted by atomic mass is 10.1. The summed E-state index contributed by atoms with van der Waals surface area (Å²) in [6.45, 7) is 3.10. The van der Waals surface area contributed by atoms with Gasteiger partial charge >= 0.3 is 0 Å². The average Bonchev–Trinajstić information content (AvgIpc) is 3.03. The van der Waals surface area contributed by atoms with E-state index < -0.39 is 0 Å². The quantitative estimate of drug-likeness (QED) is 0.693. The van der Waals surface area contributed by atoms with Crippen molar-refractivity contribution >= 4 is 5.91 Å². The van der Waals surface area contributed by atoms with Gasteiger partial charge in [-0.3, -0.25) is 4.79 Å². The molecule has 92 valence electrons. The molecule has 2 fully saturated rings. The van der Waals surface area contributed by atoms with Crippen molar-refractivity contribution in [2.24, 2.45) is 0 Å². The van der Waals surface area contributed by atoms with Crippen LogP contribution in [0.4, 0.5) is 0 Å². The summed E-state index contributed by atoms with van der Waals surface area (Å²) >= 11 is 0. The molecule has 1 saturated carbocycles. The van der Waals surface area contributed by atoms with Gasteiger partial charge < -0.3 is 15.3 Å². The van der Waals surface area contributed by atoms with Gasteiger partial charge in [-0.1, -0.05) is 6.92 Å². The number of hydrogen-bond acceptors (Lipinski definition) is 3. The van der Waals surface area contributed by atoms with Crippen LogP contribution >= 0.6 is 0 Å². The summed E-state index contributed by atoms with van der Waals surface area (Å²) in [6.07, 6.45) is 5.01. The molecule has 1 saturated heterocycles. The van der Waals surface area contributed by atoms with E-state index in [0.29, 0.717) is 12.5 Å². The molecule has 2 aliphatic rings. The van der Waals surface area contributed by atoms with E-state index in [4.69, 9.17) is 5.11 Å². The van der Waals surface area contributed by atoms with Gasteiger partial charge in [-0.25, -0.2) is 0 Å². The molecule has 0 bridgehead atoms. The van der Waals surface area contributed by atoms with Crippen molar-refractivity contribution in [3.63, 3.8) is 0 Å². The molecule has 2 atom stereocenters. The first kappa shape index (κ1) is 11.9. The summed E-state index contributed by atoms with van der Waals surface area (Å²) in [4.78, 5) is 14.1. The molecule has 2 rings (SSSR count). The molecule has 16 heavy (non-hydrogen) atoms. The summed E-state index contributed by atoms with van der Waals surface area (Å²) in [5.74, 6) is 0.243. The number of nitrogens with one attached hydrogen (secondary N) is 1. The number of hydrogen-bond donors (Lipinski definition) is 2. The summed E-state index contributed by atoms with van der Waals surface area (Å²) in [7, 11) is 0. The van der Waals surface area contributed by atoms with Crippen LogP contribution in [0.2, 0.25) is 0 Å². The smallest absolute Gasteiger partial charge is 0.240 e. The number of aliphatic hydroxyl groups excluding tert-OH is 1. The Morgan fingerprint density at radius 2 is 2.25 bits per heavy atom. The van der Waals surface area contributed by atoms with Gasteiger partial charge in [0.05, 0.1) is 6.04 Å². The highest BCUT2D eigenvalue weighted by atomic mass is 16.3. The minimum Gasteiger partial charge on any atom is -0.396 e. The largest absolute Gasteiger partial charge is 0.396 e. The number of likely N-dealkylation sites (tertiary alicyclic amines) is 1. The Hall–Kier alpha value is -0.610. The Morgan fingerprint density at radius 1 is 1.50 bits per heavy atom. The Labute approximate surface area is 97.0 Å². The summed E-state index contributed by atoms with van der Waals surface area (Å²) in [6, 6.07) is 0.857. The Kier molecular flexibility index (Phi) is 3.82. The van der Waals surface area contributed by atoms with E-state index in [2.05, 4.69) is 12.2 Å². The number of nitrogens with zero attached hydrogens (tertiary/aromatic N) is 1. The summed E-state index contributed by atoms with van der Waals surface area (Å²) in [5, 5.41) is 12.4. The third-order valence-electron chi connectivity index (χ3n) is 3.63. The van der Waals surface area contributed by atoms with E-state index in [1.54, 1.807) is 0 Å². The molecule has 0 aromatic rings. The molecular weight excluding hydrogens is 204 g/mol. The molecule has 4 nitrogen and oxygen atoms in total. The fourth-order valence-corrected chi connectivity index (χ4v) is 2.48. The van der Waals surface area contributed by atoms with Gasteiger partial charge in [0.2, 0.25) is 5.91 Å². The second kappa shape index (κ2) is 5.15. The van der Waals surface area contributed by atoms with Crippen LogP contribution in [-0.4, -0.2) is 47.2 Å². The van der Waals surface area contributed by atoms with Crippen molar-refractivity contribution in [3.05, 3.63) is 0 Å². The number of carbonyl (C=O) groups is 1. The molecule has 1 aliphatic carbocycles. The highest BCUT2D eigenvalue weighted by molar-refractivity contribution is 5.84. The zero-order chi connectivity index (χ0) is 11.5. The van der Waals surface area contributed by atoms with Crippen molar-refractivity contribution in [1.29, 1.82) is 0 Å². The van der Waals surface area contributed by atoms with Crippen LogP contribution in [0.15, 0.2) is 0 Å². The SMILES string of the molecule is CCC(CCO)N1CCC(NC2CC2)C1=O. The minimum atomic E-state index is 0.0419. The zero-order valence-electron chi connectivity index (χ0n) is 9.98. The molecule has 4 heteroatoms. The molecule has 2 N–H and O–H groups in total. The topological polar surface area (TPSA) is 52.6 Å². The second-order valence-corrected chi connectivity index (χ2v) is 4.89. The van der Waals surface area contributed by atoms with Crippen LogP contribution in [0, 0.1) is 0 Å². The van der Waals surface area contributed by atoms with E-state index in [-0.39, 0.29) is 24.6 Å². The van der Waals surface area contributed by atoms with E-state index in [1.165, 1.54) is 12.8 Å². The maximum Gasteiger partial charge on any atom is 0.240 e. The first-order valence-electron chi connectivity index (χ1n) is 6.43. The predicted octanol–water partition coefficient (Wildman–Crippen LogP) is 0.500. The van der Waals surface area contributed by atoms with E-state index >= 15 is 0 Å². The normalized spacial score (nSPS) is 27.5. The van der Waals surface area contributed by atoms with Crippen LogP contribution in [0.1, 0.15) is 39.0 Å². The van der Waals surface area contributed by atoms with Gasteiger partial charge in [-0.2, -0.15) is 0 Å². The Bertz CT molecular complexity index is 253. The lowest BCUT2D eigenvalue weighted by Gasteiger charge is -2.26. The summed E-state index contributed by atoms with van der Waals surface area (Å²) < 4.78 is 0. The fourth-order valence-electron chi connectivity index (χ4n) is 2.48. The molecule has 1 amide bonds. The molecule has 0 radical (unpaired) electrons. The van der Waals surface area contributed by atoms with Crippen molar-refractivity contribution in [1.82, 2.24) is 10.2 Å². The number of amides is 1. The summed E-state index contributed by atoms with van der Waals surface area (Å²) in [5.41, 5.74) is 0. The molecular formula is C12H22N2O2. The van der Waals surface area contributed by atoms with Crippen LogP contribution < -0.4 is 5.32 Å². The van der Waals surface area contributed by atoms with Gasteiger partial charge in [-0.15, -0.1) is 0 Å². The van der Waals surface area contributed by atoms with Gasteiger partial charge in [-0.05, 0) is 32.1 Å². The maximum atomic E-state index is 12.1. The predicted molar refractivity (Wildman–Crippen MR) is 62.1 cm³/mol. The lowest BCUT2D eigenvalue weighted by Crippen LogP contribution is -2.43. The highest BCUT2D eigenvalue weighted by Crippen LogP contribution is 2.24. The Morgan fingerprint density at radius 3 is 2.81 bits per heavy atom. The van der Waals surface area contributed by atoms with Crippen LogP contribution in [0.3, 0.4) is 0 Å². The Balaban J connectivity index is 1.88. The molecule has 1 aliphatic heterocycles. The molecule has 0 aromatic heterocycles. The first-order chi connectivity index (χ1) is 7.76. The maximum absolute atomic E-state index is 12.1. The zero-order valence-corrected chi connectivity index (χ0v) is 9.98. The monoisotopic (exact) mass is 226 g/mol. The van der Waals surface area contributed by atoms with Gasteiger partial charge in [0.15, 0.2) is 0 Å². The van der Waals surface area contributed by atoms with E-state index in [9.17, 15) is 4.79 Å². The standard InChI is InChI=1S/C12H22N2O2/c1-2-10(6-8-15)14-7-5-11(12(14)16)13-9-3-4-9/h9-11,13,15H,2-8H2,1H3. The molecule has 2 unspecified atom stereocenters. The number of aliphatic hydroxyl groups is 1. The van der Waals surface area contributed by atoms with E-state index in [0.717, 1.165) is 19.4 Å². The fraction of sp³-hybridized carbons (Fsp3) is 0.917. The number of rotatable bonds is 6. The van der Waals surface area contributed by atoms with E-state index in [1.807, 2.05) is 4.90 Å². The van der Waals surface area contributed by atoms with Crippen molar-refractivity contribution < 1.29 is 9.90 Å². The number of carbonyl (C=O) groups excluding carboxylic acids is 1. The lowest BCUT2D eigenvalue weighted by molar-refractivity contribution is -0.131. The van der Waals surface area contributed by atoms with Crippen LogP contribution in [0.25, 0.3) is 0 Å². The van der Waals surface area contributed by atoms with Gasteiger partial charge in [0.1, 0.15) is 0 Å². The second-order valence-electron chi connectivity index (χ2n) is 4.89. The van der Waals surface area contributed by atoms with Crippen molar-refractivity contribution in [2.45, 2.75) is 57.2 Å². The minimum absolute atomic E-state index is 0.0419. The van der Waals surface area contributed by atoms with Crippen LogP contribution in [-0.2, 0) is 4.79 Å². The third kappa shape index (κ3) is 2.55. The third-order valence-corrected chi connectivity index (χ3v) is 3.63. The molecule has 1 heterocycles. The van der Waals surface area contributed by atoms with Crippen LogP contribution in [0.5, 0.6) is 0 Å².